The number of aryl methyl sites for hydroxylation is 4. The quantitative estimate of drug-likeness (QED) is 0.752. The lowest BCUT2D eigenvalue weighted by Crippen LogP contribution is -2.24. The highest BCUT2D eigenvalue weighted by Gasteiger charge is 2.06. The van der Waals surface area contributed by atoms with Gasteiger partial charge in [0.1, 0.15) is 5.82 Å². The van der Waals surface area contributed by atoms with Crippen LogP contribution in [0.15, 0.2) is 42.7 Å². The van der Waals surface area contributed by atoms with Crippen LogP contribution < -0.4 is 5.32 Å². The Morgan fingerprint density at radius 2 is 1.92 bits per heavy atom. The smallest absolute Gasteiger partial charge is 0.222 e. The van der Waals surface area contributed by atoms with E-state index in [0.717, 1.165) is 28.5 Å². The number of imidazole rings is 1. The molecule has 2 aromatic heterocycles. The van der Waals surface area contributed by atoms with Crippen LogP contribution in [0, 0.1) is 20.8 Å². The van der Waals surface area contributed by atoms with E-state index >= 15 is 0 Å². The molecule has 0 saturated carbocycles. The normalized spacial score (nSPS) is 10.8. The lowest BCUT2D eigenvalue weighted by molar-refractivity contribution is -0.121. The number of hydrogen-bond acceptors (Lipinski definition) is 3. The van der Waals surface area contributed by atoms with Crippen molar-refractivity contribution in [2.24, 2.45) is 0 Å². The number of nitrogens with one attached hydrogen (secondary N) is 1. The van der Waals surface area contributed by atoms with Crippen LogP contribution in [0.3, 0.4) is 0 Å². The summed E-state index contributed by atoms with van der Waals surface area (Å²) in [6, 6.07) is 10.1. The van der Waals surface area contributed by atoms with Crippen LogP contribution in [-0.4, -0.2) is 25.2 Å². The SMILES string of the molecule is Cc1cc(C)n(CCC(=O)NCc2ccc(-n3ccnc3C)cc2)n1. The summed E-state index contributed by atoms with van der Waals surface area (Å²) in [5, 5.41) is 7.33. The minimum atomic E-state index is 0.0297. The van der Waals surface area contributed by atoms with Gasteiger partial charge in [-0.25, -0.2) is 4.98 Å². The first-order valence-corrected chi connectivity index (χ1v) is 8.40. The predicted octanol–water partition coefficient (Wildman–Crippen LogP) is 2.70. The summed E-state index contributed by atoms with van der Waals surface area (Å²) in [5.41, 5.74) is 4.19. The summed E-state index contributed by atoms with van der Waals surface area (Å²) in [6.07, 6.45) is 4.14. The van der Waals surface area contributed by atoms with Crippen molar-refractivity contribution < 1.29 is 4.79 Å². The molecule has 6 nitrogen and oxygen atoms in total. The Kier molecular flexibility index (Phi) is 4.97. The molecular formula is C19H23N5O. The molecule has 0 saturated heterocycles. The standard InChI is InChI=1S/C19H23N5O/c1-14-12-15(2)24(22-14)10-8-19(25)21-13-17-4-6-18(7-5-17)23-11-9-20-16(23)3/h4-7,9,11-12H,8,10,13H2,1-3H3,(H,21,25). The van der Waals surface area contributed by atoms with Gasteiger partial charge < -0.3 is 9.88 Å². The number of amides is 1. The fraction of sp³-hybridized carbons (Fsp3) is 0.316. The third-order valence-corrected chi connectivity index (χ3v) is 4.18. The lowest BCUT2D eigenvalue weighted by atomic mass is 10.2. The molecular weight excluding hydrogens is 314 g/mol. The first-order chi connectivity index (χ1) is 12.0. The van der Waals surface area contributed by atoms with Gasteiger partial charge in [0, 0.05) is 43.3 Å². The van der Waals surface area contributed by atoms with Crippen LogP contribution in [0.2, 0.25) is 0 Å². The fourth-order valence-corrected chi connectivity index (χ4v) is 2.82. The number of carbonyl (C=O) groups is 1. The van der Waals surface area contributed by atoms with Gasteiger partial charge in [-0.15, -0.1) is 0 Å². The molecule has 0 aliphatic rings. The number of aromatic nitrogens is 4. The molecule has 1 N–H and O–H groups in total. The van der Waals surface area contributed by atoms with Crippen LogP contribution in [0.5, 0.6) is 0 Å². The molecule has 0 fully saturated rings. The van der Waals surface area contributed by atoms with Gasteiger partial charge in [0.2, 0.25) is 5.91 Å². The van der Waals surface area contributed by atoms with Crippen LogP contribution in [0.4, 0.5) is 0 Å². The minimum Gasteiger partial charge on any atom is -0.352 e. The van der Waals surface area contributed by atoms with E-state index in [9.17, 15) is 4.79 Å². The molecule has 130 valence electrons. The third-order valence-electron chi connectivity index (χ3n) is 4.18. The summed E-state index contributed by atoms with van der Waals surface area (Å²) < 4.78 is 3.90. The van der Waals surface area contributed by atoms with Crippen molar-refractivity contribution in [2.75, 3.05) is 0 Å². The zero-order valence-corrected chi connectivity index (χ0v) is 14.9. The maximum Gasteiger partial charge on any atom is 0.222 e. The van der Waals surface area contributed by atoms with Crippen molar-refractivity contribution in [1.82, 2.24) is 24.6 Å². The van der Waals surface area contributed by atoms with Gasteiger partial charge in [-0.05, 0) is 44.5 Å². The highest BCUT2D eigenvalue weighted by atomic mass is 16.1. The van der Waals surface area contributed by atoms with Crippen molar-refractivity contribution in [1.29, 1.82) is 0 Å². The Labute approximate surface area is 147 Å². The number of benzene rings is 1. The summed E-state index contributed by atoms with van der Waals surface area (Å²) in [5.74, 6) is 0.979. The summed E-state index contributed by atoms with van der Waals surface area (Å²) >= 11 is 0. The average molecular weight is 337 g/mol. The summed E-state index contributed by atoms with van der Waals surface area (Å²) in [4.78, 5) is 16.3. The van der Waals surface area contributed by atoms with Crippen molar-refractivity contribution in [2.45, 2.75) is 40.3 Å². The second-order valence-corrected chi connectivity index (χ2v) is 6.19. The van der Waals surface area contributed by atoms with Gasteiger partial charge >= 0.3 is 0 Å². The van der Waals surface area contributed by atoms with Gasteiger partial charge in [0.15, 0.2) is 0 Å². The Bertz CT molecular complexity index is 860. The Morgan fingerprint density at radius 3 is 2.52 bits per heavy atom. The summed E-state index contributed by atoms with van der Waals surface area (Å²) in [6.45, 7) is 7.06. The zero-order valence-electron chi connectivity index (χ0n) is 14.9. The molecule has 0 atom stereocenters. The monoisotopic (exact) mass is 337 g/mol. The van der Waals surface area contributed by atoms with E-state index in [0.29, 0.717) is 19.5 Å². The second kappa shape index (κ2) is 7.34. The molecule has 0 aliphatic carbocycles. The molecule has 0 unspecified atom stereocenters. The highest BCUT2D eigenvalue weighted by Crippen LogP contribution is 2.11. The molecule has 6 heteroatoms. The Balaban J connectivity index is 1.50. The van der Waals surface area contributed by atoms with E-state index in [1.807, 2.05) is 66.5 Å². The van der Waals surface area contributed by atoms with Gasteiger partial charge in [-0.3, -0.25) is 9.48 Å². The van der Waals surface area contributed by atoms with Gasteiger partial charge in [0.25, 0.3) is 0 Å². The third kappa shape index (κ3) is 4.15. The van der Waals surface area contributed by atoms with E-state index < -0.39 is 0 Å². The number of nitrogens with zero attached hydrogens (tertiary/aromatic N) is 4. The first-order valence-electron chi connectivity index (χ1n) is 8.40. The Morgan fingerprint density at radius 1 is 1.16 bits per heavy atom. The van der Waals surface area contributed by atoms with E-state index in [2.05, 4.69) is 15.4 Å². The topological polar surface area (TPSA) is 64.7 Å². The number of hydrogen-bond donors (Lipinski definition) is 1. The number of rotatable bonds is 6. The molecule has 0 spiro atoms. The zero-order chi connectivity index (χ0) is 17.8. The van der Waals surface area contributed by atoms with E-state index in [-0.39, 0.29) is 5.91 Å². The Hall–Kier alpha value is -2.89. The first kappa shape index (κ1) is 17.0. The van der Waals surface area contributed by atoms with Crippen molar-refractivity contribution in [3.05, 3.63) is 65.5 Å². The fourth-order valence-electron chi connectivity index (χ4n) is 2.82. The van der Waals surface area contributed by atoms with Crippen molar-refractivity contribution in [3.63, 3.8) is 0 Å². The van der Waals surface area contributed by atoms with E-state index in [1.165, 1.54) is 0 Å². The maximum absolute atomic E-state index is 12.0. The van der Waals surface area contributed by atoms with Crippen LogP contribution in [0.1, 0.15) is 29.2 Å². The second-order valence-electron chi connectivity index (χ2n) is 6.19. The van der Waals surface area contributed by atoms with E-state index in [4.69, 9.17) is 0 Å². The molecule has 0 bridgehead atoms. The van der Waals surface area contributed by atoms with E-state index in [1.54, 1.807) is 6.20 Å². The van der Waals surface area contributed by atoms with Gasteiger partial charge in [0.05, 0.1) is 5.69 Å². The highest BCUT2D eigenvalue weighted by molar-refractivity contribution is 5.75. The molecule has 0 aliphatic heterocycles. The predicted molar refractivity (Wildman–Crippen MR) is 96.5 cm³/mol. The van der Waals surface area contributed by atoms with Crippen molar-refractivity contribution >= 4 is 5.91 Å². The maximum atomic E-state index is 12.0. The van der Waals surface area contributed by atoms with Gasteiger partial charge in [-0.2, -0.15) is 5.10 Å². The van der Waals surface area contributed by atoms with Crippen molar-refractivity contribution in [3.8, 4) is 5.69 Å². The molecule has 3 aromatic rings. The van der Waals surface area contributed by atoms with Crippen LogP contribution in [-0.2, 0) is 17.9 Å². The molecule has 2 heterocycles. The molecule has 1 aromatic carbocycles. The summed E-state index contributed by atoms with van der Waals surface area (Å²) in [7, 11) is 0. The van der Waals surface area contributed by atoms with Gasteiger partial charge in [-0.1, -0.05) is 12.1 Å². The largest absolute Gasteiger partial charge is 0.352 e. The van der Waals surface area contributed by atoms with Crippen LogP contribution in [0.25, 0.3) is 5.69 Å². The lowest BCUT2D eigenvalue weighted by Gasteiger charge is -2.09. The molecule has 0 radical (unpaired) electrons. The average Bonchev–Trinajstić information content (AvgIpc) is 3.16. The van der Waals surface area contributed by atoms with Crippen LogP contribution >= 0.6 is 0 Å². The minimum absolute atomic E-state index is 0.0297. The molecule has 1 amide bonds. The molecule has 25 heavy (non-hydrogen) atoms. The number of carbonyl (C=O) groups excluding carboxylic acids is 1. The molecule has 3 rings (SSSR count).